The van der Waals surface area contributed by atoms with Crippen molar-refractivity contribution in [2.24, 2.45) is 5.92 Å². The van der Waals surface area contributed by atoms with Crippen molar-refractivity contribution in [1.29, 1.82) is 0 Å². The fourth-order valence-corrected chi connectivity index (χ4v) is 3.51. The van der Waals surface area contributed by atoms with Crippen molar-refractivity contribution in [1.82, 2.24) is 9.55 Å². The summed E-state index contributed by atoms with van der Waals surface area (Å²) < 4.78 is 1.70. The largest absolute Gasteiger partial charge is 0.298 e. The van der Waals surface area contributed by atoms with Crippen LogP contribution in [0.2, 0.25) is 10.0 Å². The molecule has 0 radical (unpaired) electrons. The molecule has 0 saturated heterocycles. The maximum Gasteiger partial charge on any atom is 0.261 e. The molecule has 2 aromatic rings. The quantitative estimate of drug-likeness (QED) is 0.829. The Kier molecular flexibility index (Phi) is 3.99. The van der Waals surface area contributed by atoms with Gasteiger partial charge < -0.3 is 0 Å². The van der Waals surface area contributed by atoms with E-state index in [2.05, 4.69) is 4.98 Å². The molecule has 1 aliphatic rings. The zero-order chi connectivity index (χ0) is 14.1. The van der Waals surface area contributed by atoms with Gasteiger partial charge in [-0.25, -0.2) is 4.98 Å². The lowest BCUT2D eigenvalue weighted by molar-refractivity contribution is 0.315. The zero-order valence-electron chi connectivity index (χ0n) is 11.1. The van der Waals surface area contributed by atoms with Crippen LogP contribution in [-0.4, -0.2) is 9.55 Å². The van der Waals surface area contributed by atoms with E-state index in [1.165, 1.54) is 32.1 Å². The molecule has 0 N–H and O–H groups in total. The number of fused-ring (bicyclic) bond motifs is 1. The first kappa shape index (κ1) is 13.9. The molecule has 1 aliphatic carbocycles. The SMILES string of the molecule is O=c1c2cc(Cl)cc(Cl)c2ncn1CC1CCCCC1. The van der Waals surface area contributed by atoms with Crippen LogP contribution in [0, 0.1) is 5.92 Å². The van der Waals surface area contributed by atoms with Crippen molar-refractivity contribution >= 4 is 34.1 Å². The molecule has 0 spiro atoms. The number of aromatic nitrogens is 2. The molecule has 1 heterocycles. The van der Waals surface area contributed by atoms with Crippen LogP contribution in [0.5, 0.6) is 0 Å². The molecule has 0 atom stereocenters. The molecule has 1 aromatic heterocycles. The second-order valence-corrected chi connectivity index (χ2v) is 6.33. The van der Waals surface area contributed by atoms with Crippen LogP contribution in [0.3, 0.4) is 0 Å². The summed E-state index contributed by atoms with van der Waals surface area (Å²) in [5.41, 5.74) is 0.478. The number of hydrogen-bond acceptors (Lipinski definition) is 2. The highest BCUT2D eigenvalue weighted by molar-refractivity contribution is 6.38. The molecule has 3 rings (SSSR count). The van der Waals surface area contributed by atoms with E-state index in [1.54, 1.807) is 23.0 Å². The number of halogens is 2. The summed E-state index contributed by atoms with van der Waals surface area (Å²) in [4.78, 5) is 16.8. The number of rotatable bonds is 2. The van der Waals surface area contributed by atoms with Crippen molar-refractivity contribution in [2.75, 3.05) is 0 Å². The van der Waals surface area contributed by atoms with Gasteiger partial charge >= 0.3 is 0 Å². The van der Waals surface area contributed by atoms with Crippen LogP contribution in [0.4, 0.5) is 0 Å². The molecular formula is C15H16Cl2N2O. The van der Waals surface area contributed by atoms with Crippen molar-refractivity contribution < 1.29 is 0 Å². The van der Waals surface area contributed by atoms with Crippen LogP contribution in [-0.2, 0) is 6.54 Å². The van der Waals surface area contributed by atoms with Gasteiger partial charge in [0, 0.05) is 11.6 Å². The summed E-state index contributed by atoms with van der Waals surface area (Å²) in [6.45, 7) is 0.742. The average Bonchev–Trinajstić information content (AvgIpc) is 2.43. The van der Waals surface area contributed by atoms with Crippen LogP contribution < -0.4 is 5.56 Å². The Morgan fingerprint density at radius 1 is 1.20 bits per heavy atom. The minimum atomic E-state index is -0.0510. The predicted molar refractivity (Wildman–Crippen MR) is 82.6 cm³/mol. The van der Waals surface area contributed by atoms with Crippen molar-refractivity contribution in [3.8, 4) is 0 Å². The van der Waals surface area contributed by atoms with E-state index in [9.17, 15) is 4.79 Å². The Labute approximate surface area is 127 Å². The topological polar surface area (TPSA) is 34.9 Å². The van der Waals surface area contributed by atoms with Crippen LogP contribution in [0.15, 0.2) is 23.3 Å². The lowest BCUT2D eigenvalue weighted by Crippen LogP contribution is -2.25. The van der Waals surface area contributed by atoms with Gasteiger partial charge in [0.2, 0.25) is 0 Å². The van der Waals surface area contributed by atoms with Crippen molar-refractivity contribution in [3.05, 3.63) is 38.9 Å². The second-order valence-electron chi connectivity index (χ2n) is 5.49. The van der Waals surface area contributed by atoms with Crippen molar-refractivity contribution in [3.63, 3.8) is 0 Å². The Balaban J connectivity index is 2.00. The first-order chi connectivity index (χ1) is 9.65. The second kappa shape index (κ2) is 5.74. The maximum atomic E-state index is 12.5. The Hall–Kier alpha value is -1.06. The summed E-state index contributed by atoms with van der Waals surface area (Å²) in [6.07, 6.45) is 7.84. The van der Waals surface area contributed by atoms with Gasteiger partial charge in [0.15, 0.2) is 0 Å². The summed E-state index contributed by atoms with van der Waals surface area (Å²) in [5, 5.41) is 1.40. The highest BCUT2D eigenvalue weighted by atomic mass is 35.5. The minimum absolute atomic E-state index is 0.0510. The van der Waals surface area contributed by atoms with E-state index in [0.717, 1.165) is 6.54 Å². The van der Waals surface area contributed by atoms with Gasteiger partial charge in [0.1, 0.15) is 0 Å². The molecule has 0 aliphatic heterocycles. The van der Waals surface area contributed by atoms with Gasteiger partial charge in [-0.2, -0.15) is 0 Å². The molecule has 0 bridgehead atoms. The minimum Gasteiger partial charge on any atom is -0.298 e. The summed E-state index contributed by atoms with van der Waals surface area (Å²) in [7, 11) is 0. The fraction of sp³-hybridized carbons (Fsp3) is 0.467. The number of hydrogen-bond donors (Lipinski definition) is 0. The van der Waals surface area contributed by atoms with E-state index in [0.29, 0.717) is 26.9 Å². The van der Waals surface area contributed by atoms with Gasteiger partial charge in [-0.15, -0.1) is 0 Å². The molecule has 5 heteroatoms. The highest BCUT2D eigenvalue weighted by Gasteiger charge is 2.16. The van der Waals surface area contributed by atoms with Gasteiger partial charge in [-0.05, 0) is 30.9 Å². The third-order valence-corrected chi connectivity index (χ3v) is 4.53. The Bertz CT molecular complexity index is 690. The third-order valence-electron chi connectivity index (χ3n) is 4.03. The first-order valence-corrected chi connectivity index (χ1v) is 7.75. The average molecular weight is 311 g/mol. The van der Waals surface area contributed by atoms with Gasteiger partial charge in [0.25, 0.3) is 5.56 Å². The van der Waals surface area contributed by atoms with Gasteiger partial charge in [0.05, 0.1) is 22.3 Å². The molecule has 20 heavy (non-hydrogen) atoms. The Morgan fingerprint density at radius 3 is 2.70 bits per heavy atom. The molecule has 0 amide bonds. The number of benzene rings is 1. The van der Waals surface area contributed by atoms with Gasteiger partial charge in [-0.1, -0.05) is 42.5 Å². The van der Waals surface area contributed by atoms with E-state index >= 15 is 0 Å². The van der Waals surface area contributed by atoms with E-state index < -0.39 is 0 Å². The van der Waals surface area contributed by atoms with Crippen LogP contribution in [0.25, 0.3) is 10.9 Å². The predicted octanol–water partition coefficient (Wildman–Crippen LogP) is 4.28. The fourth-order valence-electron chi connectivity index (χ4n) is 2.97. The summed E-state index contributed by atoms with van der Waals surface area (Å²) >= 11 is 12.1. The Morgan fingerprint density at radius 2 is 1.95 bits per heavy atom. The first-order valence-electron chi connectivity index (χ1n) is 6.99. The molecule has 1 saturated carbocycles. The standard InChI is InChI=1S/C15H16Cl2N2O/c16-11-6-12-14(13(17)7-11)18-9-19(15(12)20)8-10-4-2-1-3-5-10/h6-7,9-10H,1-5,8H2. The van der Waals surface area contributed by atoms with Gasteiger partial charge in [-0.3, -0.25) is 9.36 Å². The molecule has 1 aromatic carbocycles. The van der Waals surface area contributed by atoms with Crippen LogP contribution >= 0.6 is 23.2 Å². The molecule has 3 nitrogen and oxygen atoms in total. The van der Waals surface area contributed by atoms with Crippen molar-refractivity contribution in [2.45, 2.75) is 38.6 Å². The molecular weight excluding hydrogens is 295 g/mol. The third kappa shape index (κ3) is 2.70. The number of nitrogens with zero attached hydrogens (tertiary/aromatic N) is 2. The van der Waals surface area contributed by atoms with Crippen LogP contribution in [0.1, 0.15) is 32.1 Å². The maximum absolute atomic E-state index is 12.5. The lowest BCUT2D eigenvalue weighted by atomic mass is 9.89. The zero-order valence-corrected chi connectivity index (χ0v) is 12.6. The molecule has 0 unspecified atom stereocenters. The van der Waals surface area contributed by atoms with E-state index in [1.807, 2.05) is 0 Å². The van der Waals surface area contributed by atoms with E-state index in [-0.39, 0.29) is 5.56 Å². The smallest absolute Gasteiger partial charge is 0.261 e. The monoisotopic (exact) mass is 310 g/mol. The molecule has 1 fully saturated rings. The molecule has 106 valence electrons. The highest BCUT2D eigenvalue weighted by Crippen LogP contribution is 2.26. The summed E-state index contributed by atoms with van der Waals surface area (Å²) in [6, 6.07) is 3.26. The lowest BCUT2D eigenvalue weighted by Gasteiger charge is -2.22. The van der Waals surface area contributed by atoms with E-state index in [4.69, 9.17) is 23.2 Å². The normalized spacial score (nSPS) is 16.7. The summed E-state index contributed by atoms with van der Waals surface area (Å²) in [5.74, 6) is 0.579.